The highest BCUT2D eigenvalue weighted by molar-refractivity contribution is 14.0. The Balaban J connectivity index is 0.00000289. The SMILES string of the molecule is CN=C(NCCc1csc(N2CCCC2)n1)NCc1ccccc1-n1nc(C)cc1C.I. The van der Waals surface area contributed by atoms with E-state index in [1.165, 1.54) is 18.4 Å². The van der Waals surface area contributed by atoms with Crippen LogP contribution in [-0.4, -0.2) is 47.4 Å². The summed E-state index contributed by atoms with van der Waals surface area (Å²) in [6, 6.07) is 10.4. The number of thiazole rings is 1. The highest BCUT2D eigenvalue weighted by Gasteiger charge is 2.15. The molecule has 0 amide bonds. The first kappa shape index (κ1) is 24.5. The predicted molar refractivity (Wildman–Crippen MR) is 144 cm³/mol. The normalized spacial score (nSPS) is 13.8. The van der Waals surface area contributed by atoms with Crippen LogP contribution in [0.3, 0.4) is 0 Å². The van der Waals surface area contributed by atoms with E-state index in [0.717, 1.165) is 59.9 Å². The Kier molecular flexibility index (Phi) is 8.92. The van der Waals surface area contributed by atoms with Crippen LogP contribution in [0.1, 0.15) is 35.5 Å². The van der Waals surface area contributed by atoms with Crippen molar-refractivity contribution in [3.63, 3.8) is 0 Å². The maximum absolute atomic E-state index is 4.80. The molecule has 0 saturated carbocycles. The Labute approximate surface area is 211 Å². The van der Waals surface area contributed by atoms with Crippen LogP contribution in [0.25, 0.3) is 5.69 Å². The summed E-state index contributed by atoms with van der Waals surface area (Å²) in [6.45, 7) is 7.85. The molecule has 9 heteroatoms. The molecule has 0 radical (unpaired) electrons. The third-order valence-corrected chi connectivity index (χ3v) is 6.44. The molecule has 1 aliphatic heterocycles. The van der Waals surface area contributed by atoms with E-state index in [1.807, 2.05) is 17.7 Å². The second kappa shape index (κ2) is 11.6. The van der Waals surface area contributed by atoms with E-state index < -0.39 is 0 Å². The van der Waals surface area contributed by atoms with Gasteiger partial charge in [-0.1, -0.05) is 18.2 Å². The third-order valence-electron chi connectivity index (χ3n) is 5.49. The zero-order valence-corrected chi connectivity index (χ0v) is 22.1. The maximum Gasteiger partial charge on any atom is 0.191 e. The highest BCUT2D eigenvalue weighted by atomic mass is 127. The molecule has 2 aromatic heterocycles. The number of hydrogen-bond acceptors (Lipinski definition) is 5. The number of guanidine groups is 1. The number of nitrogens with one attached hydrogen (secondary N) is 2. The molecule has 0 bridgehead atoms. The molecular weight excluding hydrogens is 533 g/mol. The van der Waals surface area contributed by atoms with Crippen molar-refractivity contribution < 1.29 is 0 Å². The Morgan fingerprint density at radius 1 is 1.16 bits per heavy atom. The summed E-state index contributed by atoms with van der Waals surface area (Å²) in [4.78, 5) is 11.6. The number of aliphatic imine (C=N–C) groups is 1. The van der Waals surface area contributed by atoms with Gasteiger partial charge in [0.1, 0.15) is 0 Å². The molecule has 1 saturated heterocycles. The van der Waals surface area contributed by atoms with E-state index in [2.05, 4.69) is 62.2 Å². The van der Waals surface area contributed by atoms with E-state index >= 15 is 0 Å². The number of aryl methyl sites for hydroxylation is 2. The summed E-state index contributed by atoms with van der Waals surface area (Å²) >= 11 is 1.75. The van der Waals surface area contributed by atoms with Crippen molar-refractivity contribution in [3.05, 3.63) is 58.4 Å². The average molecular weight is 566 g/mol. The summed E-state index contributed by atoms with van der Waals surface area (Å²) < 4.78 is 2.00. The number of benzene rings is 1. The van der Waals surface area contributed by atoms with E-state index in [-0.39, 0.29) is 24.0 Å². The number of rotatable bonds is 7. The smallest absolute Gasteiger partial charge is 0.191 e. The van der Waals surface area contributed by atoms with Crippen molar-refractivity contribution in [1.82, 2.24) is 25.4 Å². The Bertz CT molecular complexity index is 1040. The molecule has 0 unspecified atom stereocenters. The Morgan fingerprint density at radius 3 is 2.66 bits per heavy atom. The molecule has 1 fully saturated rings. The molecule has 0 aliphatic carbocycles. The van der Waals surface area contributed by atoms with Gasteiger partial charge in [0, 0.05) is 50.7 Å². The molecular formula is C23H32IN7S. The zero-order valence-electron chi connectivity index (χ0n) is 19.0. The van der Waals surface area contributed by atoms with Gasteiger partial charge in [-0.25, -0.2) is 9.67 Å². The van der Waals surface area contributed by atoms with E-state index in [4.69, 9.17) is 4.98 Å². The first-order chi connectivity index (χ1) is 15.1. The quantitative estimate of drug-likeness (QED) is 0.257. The predicted octanol–water partition coefficient (Wildman–Crippen LogP) is 4.07. The fraction of sp³-hybridized carbons (Fsp3) is 0.435. The molecule has 1 aliphatic rings. The zero-order chi connectivity index (χ0) is 21.6. The van der Waals surface area contributed by atoms with Gasteiger partial charge < -0.3 is 15.5 Å². The Hall–Kier alpha value is -2.14. The summed E-state index contributed by atoms with van der Waals surface area (Å²) in [6.07, 6.45) is 3.44. The van der Waals surface area contributed by atoms with Crippen LogP contribution >= 0.6 is 35.3 Å². The molecule has 172 valence electrons. The third kappa shape index (κ3) is 6.00. The number of hydrogen-bond donors (Lipinski definition) is 2. The van der Waals surface area contributed by atoms with E-state index in [9.17, 15) is 0 Å². The van der Waals surface area contributed by atoms with Crippen LogP contribution in [0, 0.1) is 13.8 Å². The fourth-order valence-electron chi connectivity index (χ4n) is 3.91. The molecule has 0 atom stereocenters. The molecule has 4 rings (SSSR count). The van der Waals surface area contributed by atoms with E-state index in [0.29, 0.717) is 6.54 Å². The summed E-state index contributed by atoms with van der Waals surface area (Å²) in [7, 11) is 1.80. The summed E-state index contributed by atoms with van der Waals surface area (Å²) in [5.74, 6) is 0.790. The topological polar surface area (TPSA) is 70.4 Å². The molecule has 7 nitrogen and oxygen atoms in total. The van der Waals surface area contributed by atoms with Crippen LogP contribution < -0.4 is 15.5 Å². The largest absolute Gasteiger partial charge is 0.356 e. The summed E-state index contributed by atoms with van der Waals surface area (Å²) in [5, 5.41) is 14.8. The van der Waals surface area contributed by atoms with Crippen LogP contribution in [0.2, 0.25) is 0 Å². The van der Waals surface area contributed by atoms with Crippen LogP contribution in [0.15, 0.2) is 40.7 Å². The molecule has 0 spiro atoms. The first-order valence-corrected chi connectivity index (χ1v) is 11.8. The van der Waals surface area contributed by atoms with Gasteiger partial charge in [0.25, 0.3) is 0 Å². The van der Waals surface area contributed by atoms with Crippen molar-refractivity contribution in [2.24, 2.45) is 4.99 Å². The average Bonchev–Trinajstić information content (AvgIpc) is 3.52. The number of halogens is 1. The van der Waals surface area contributed by atoms with Gasteiger partial charge in [0.05, 0.1) is 17.1 Å². The van der Waals surface area contributed by atoms with Gasteiger partial charge in [-0.3, -0.25) is 4.99 Å². The van der Waals surface area contributed by atoms with Gasteiger partial charge in [0.2, 0.25) is 0 Å². The van der Waals surface area contributed by atoms with Crippen molar-refractivity contribution in [2.75, 3.05) is 31.6 Å². The van der Waals surface area contributed by atoms with Crippen molar-refractivity contribution >= 4 is 46.4 Å². The molecule has 3 aromatic rings. The number of para-hydroxylation sites is 1. The lowest BCUT2D eigenvalue weighted by molar-refractivity contribution is 0.770. The van der Waals surface area contributed by atoms with Crippen LogP contribution in [-0.2, 0) is 13.0 Å². The fourth-order valence-corrected chi connectivity index (χ4v) is 4.83. The molecule has 32 heavy (non-hydrogen) atoms. The Morgan fingerprint density at radius 2 is 1.94 bits per heavy atom. The lowest BCUT2D eigenvalue weighted by atomic mass is 10.1. The minimum atomic E-state index is 0. The molecule has 2 N–H and O–H groups in total. The molecule has 3 heterocycles. The molecule has 1 aromatic carbocycles. The second-order valence-electron chi connectivity index (χ2n) is 7.89. The van der Waals surface area contributed by atoms with Gasteiger partial charge in [-0.05, 0) is 44.4 Å². The van der Waals surface area contributed by atoms with Gasteiger partial charge >= 0.3 is 0 Å². The van der Waals surface area contributed by atoms with Crippen molar-refractivity contribution in [3.8, 4) is 5.69 Å². The van der Waals surface area contributed by atoms with Crippen molar-refractivity contribution in [2.45, 2.75) is 39.7 Å². The monoisotopic (exact) mass is 565 g/mol. The van der Waals surface area contributed by atoms with Gasteiger partial charge in [0.15, 0.2) is 11.1 Å². The van der Waals surface area contributed by atoms with Crippen LogP contribution in [0.5, 0.6) is 0 Å². The lowest BCUT2D eigenvalue weighted by Gasteiger charge is -2.15. The highest BCUT2D eigenvalue weighted by Crippen LogP contribution is 2.24. The minimum Gasteiger partial charge on any atom is -0.356 e. The van der Waals surface area contributed by atoms with Gasteiger partial charge in [-0.2, -0.15) is 5.10 Å². The maximum atomic E-state index is 4.80. The number of nitrogens with zero attached hydrogens (tertiary/aromatic N) is 5. The van der Waals surface area contributed by atoms with Crippen molar-refractivity contribution in [1.29, 1.82) is 0 Å². The van der Waals surface area contributed by atoms with Crippen LogP contribution in [0.4, 0.5) is 5.13 Å². The number of anilines is 1. The first-order valence-electron chi connectivity index (χ1n) is 10.9. The second-order valence-corrected chi connectivity index (χ2v) is 8.72. The minimum absolute atomic E-state index is 0. The van der Waals surface area contributed by atoms with Gasteiger partial charge in [-0.15, -0.1) is 35.3 Å². The standard InChI is InChI=1S/C23H31N7S.HI/c1-17-14-18(2)30(28-17)21-9-5-4-8-19(21)15-26-22(24-3)25-11-10-20-16-31-23(27-20)29-12-6-7-13-29;/h4-5,8-9,14,16H,6-7,10-13,15H2,1-3H3,(H2,24,25,26);1H. The van der Waals surface area contributed by atoms with E-state index in [1.54, 1.807) is 18.4 Å². The summed E-state index contributed by atoms with van der Waals surface area (Å²) in [5.41, 5.74) is 5.56. The number of aromatic nitrogens is 3. The lowest BCUT2D eigenvalue weighted by Crippen LogP contribution is -2.38.